The second-order valence-corrected chi connectivity index (χ2v) is 5.80. The van der Waals surface area contributed by atoms with E-state index in [1.807, 2.05) is 12.1 Å². The lowest BCUT2D eigenvalue weighted by molar-refractivity contribution is -0.118. The quantitative estimate of drug-likeness (QED) is 0.672. The fourth-order valence-electron chi connectivity index (χ4n) is 1.97. The van der Waals surface area contributed by atoms with Crippen molar-refractivity contribution in [1.29, 1.82) is 0 Å². The first-order valence-electron chi connectivity index (χ1n) is 7.18. The predicted octanol–water partition coefficient (Wildman–Crippen LogP) is 2.41. The lowest BCUT2D eigenvalue weighted by atomic mass is 10.2. The third-order valence-electron chi connectivity index (χ3n) is 3.18. The Morgan fingerprint density at radius 3 is 2.79 bits per heavy atom. The Hall–Kier alpha value is -2.74. The van der Waals surface area contributed by atoms with Gasteiger partial charge in [0.15, 0.2) is 5.82 Å². The summed E-state index contributed by atoms with van der Waals surface area (Å²) in [6.45, 7) is 0.155. The van der Waals surface area contributed by atoms with E-state index in [-0.39, 0.29) is 24.0 Å². The van der Waals surface area contributed by atoms with Crippen molar-refractivity contribution < 1.29 is 9.18 Å². The van der Waals surface area contributed by atoms with Gasteiger partial charge in [-0.05, 0) is 18.2 Å². The minimum Gasteiger partial charge on any atom is -0.351 e. The van der Waals surface area contributed by atoms with Gasteiger partial charge < -0.3 is 5.32 Å². The molecule has 2 N–H and O–H groups in total. The number of pyridine rings is 1. The molecule has 0 aliphatic heterocycles. The van der Waals surface area contributed by atoms with Crippen molar-refractivity contribution in [2.24, 2.45) is 0 Å². The number of nitrogens with zero attached hydrogens (tertiary/aromatic N) is 3. The average molecular weight is 343 g/mol. The monoisotopic (exact) mass is 343 g/mol. The van der Waals surface area contributed by atoms with E-state index in [0.717, 1.165) is 5.56 Å². The van der Waals surface area contributed by atoms with Gasteiger partial charge in [-0.15, -0.1) is 5.10 Å². The van der Waals surface area contributed by atoms with Crippen molar-refractivity contribution in [3.05, 3.63) is 60.2 Å². The molecule has 0 unspecified atom stereocenters. The first-order valence-corrected chi connectivity index (χ1v) is 8.16. The fraction of sp³-hybridized carbons (Fsp3) is 0.125. The molecule has 3 rings (SSSR count). The van der Waals surface area contributed by atoms with Gasteiger partial charge in [0.05, 0.1) is 5.75 Å². The summed E-state index contributed by atoms with van der Waals surface area (Å²) in [4.78, 5) is 20.1. The van der Waals surface area contributed by atoms with Crippen LogP contribution in [0.3, 0.4) is 0 Å². The Labute approximate surface area is 141 Å². The first-order chi connectivity index (χ1) is 11.7. The van der Waals surface area contributed by atoms with Crippen LogP contribution in [0.15, 0.2) is 53.9 Å². The summed E-state index contributed by atoms with van der Waals surface area (Å²) in [5, 5.41) is 10.0. The SMILES string of the molecule is O=C(CSc1n[nH]c(-c2ccncc2)n1)NCc1ccccc1F. The number of aromatic amines is 1. The van der Waals surface area contributed by atoms with Gasteiger partial charge in [-0.1, -0.05) is 30.0 Å². The van der Waals surface area contributed by atoms with E-state index < -0.39 is 0 Å². The molecule has 2 heterocycles. The number of rotatable bonds is 6. The van der Waals surface area contributed by atoms with E-state index in [9.17, 15) is 9.18 Å². The van der Waals surface area contributed by atoms with Gasteiger partial charge in [-0.25, -0.2) is 9.37 Å². The number of carbonyl (C=O) groups excluding carboxylic acids is 1. The molecule has 0 bridgehead atoms. The molecule has 1 amide bonds. The van der Waals surface area contributed by atoms with Crippen molar-refractivity contribution in [3.8, 4) is 11.4 Å². The Morgan fingerprint density at radius 2 is 2.00 bits per heavy atom. The van der Waals surface area contributed by atoms with Gasteiger partial charge in [-0.2, -0.15) is 0 Å². The lowest BCUT2D eigenvalue weighted by Gasteiger charge is -2.05. The van der Waals surface area contributed by atoms with E-state index in [4.69, 9.17) is 0 Å². The van der Waals surface area contributed by atoms with Gasteiger partial charge >= 0.3 is 0 Å². The molecule has 122 valence electrons. The Bertz CT molecular complexity index is 824. The molecule has 3 aromatic rings. The van der Waals surface area contributed by atoms with Crippen LogP contribution in [0.5, 0.6) is 0 Å². The standard InChI is InChI=1S/C16H14FN5OS/c17-13-4-2-1-3-12(13)9-19-14(23)10-24-16-20-15(21-22-16)11-5-7-18-8-6-11/h1-8H,9-10H2,(H,19,23)(H,20,21,22). The van der Waals surface area contributed by atoms with Crippen LogP contribution in [0.4, 0.5) is 4.39 Å². The van der Waals surface area contributed by atoms with Crippen molar-refractivity contribution in [2.45, 2.75) is 11.7 Å². The highest BCUT2D eigenvalue weighted by Gasteiger charge is 2.09. The second-order valence-electron chi connectivity index (χ2n) is 4.86. The van der Waals surface area contributed by atoms with Crippen molar-refractivity contribution in [1.82, 2.24) is 25.5 Å². The van der Waals surface area contributed by atoms with E-state index in [1.165, 1.54) is 17.8 Å². The molecule has 6 nitrogen and oxygen atoms in total. The number of H-pyrrole nitrogens is 1. The number of thioether (sulfide) groups is 1. The number of carbonyl (C=O) groups is 1. The minimum atomic E-state index is -0.332. The number of nitrogens with one attached hydrogen (secondary N) is 2. The summed E-state index contributed by atoms with van der Waals surface area (Å²) in [5.74, 6) is 0.230. The molecule has 1 aromatic carbocycles. The summed E-state index contributed by atoms with van der Waals surface area (Å²) in [5.41, 5.74) is 1.32. The molecule has 0 atom stereocenters. The highest BCUT2D eigenvalue weighted by atomic mass is 32.2. The van der Waals surface area contributed by atoms with Gasteiger partial charge in [0.25, 0.3) is 0 Å². The van der Waals surface area contributed by atoms with Gasteiger partial charge in [0, 0.05) is 30.1 Å². The summed E-state index contributed by atoms with van der Waals surface area (Å²) in [6.07, 6.45) is 3.33. The fourth-order valence-corrected chi connectivity index (χ4v) is 2.59. The third kappa shape index (κ3) is 4.17. The molecular weight excluding hydrogens is 329 g/mol. The molecular formula is C16H14FN5OS. The second kappa shape index (κ2) is 7.69. The molecule has 0 aliphatic carbocycles. The zero-order valence-electron chi connectivity index (χ0n) is 12.6. The van der Waals surface area contributed by atoms with Crippen molar-refractivity contribution >= 4 is 17.7 Å². The van der Waals surface area contributed by atoms with Crippen LogP contribution in [-0.4, -0.2) is 31.8 Å². The van der Waals surface area contributed by atoms with Crippen LogP contribution in [0, 0.1) is 5.82 Å². The van der Waals surface area contributed by atoms with Crippen LogP contribution in [0.1, 0.15) is 5.56 Å². The highest BCUT2D eigenvalue weighted by Crippen LogP contribution is 2.18. The maximum Gasteiger partial charge on any atom is 0.230 e. The summed E-state index contributed by atoms with van der Waals surface area (Å²) in [7, 11) is 0. The van der Waals surface area contributed by atoms with Crippen LogP contribution in [0.2, 0.25) is 0 Å². The molecule has 0 spiro atoms. The number of benzene rings is 1. The molecule has 0 saturated carbocycles. The van der Waals surface area contributed by atoms with Gasteiger partial charge in [0.1, 0.15) is 5.82 Å². The number of hydrogen-bond donors (Lipinski definition) is 2. The summed E-state index contributed by atoms with van der Waals surface area (Å²) >= 11 is 1.21. The minimum absolute atomic E-state index is 0.155. The first kappa shape index (κ1) is 16.1. The molecule has 0 aliphatic rings. The number of halogens is 1. The zero-order chi connectivity index (χ0) is 16.8. The molecule has 24 heavy (non-hydrogen) atoms. The van der Waals surface area contributed by atoms with Crippen LogP contribution < -0.4 is 5.32 Å². The van der Waals surface area contributed by atoms with Crippen LogP contribution in [0.25, 0.3) is 11.4 Å². The van der Waals surface area contributed by atoms with E-state index in [0.29, 0.717) is 16.5 Å². The van der Waals surface area contributed by atoms with Crippen LogP contribution in [-0.2, 0) is 11.3 Å². The predicted molar refractivity (Wildman–Crippen MR) is 88.6 cm³/mol. The molecule has 0 saturated heterocycles. The van der Waals surface area contributed by atoms with E-state index >= 15 is 0 Å². The van der Waals surface area contributed by atoms with Gasteiger partial charge in [-0.3, -0.25) is 14.9 Å². The maximum atomic E-state index is 13.5. The Kier molecular flexibility index (Phi) is 5.17. The highest BCUT2D eigenvalue weighted by molar-refractivity contribution is 7.99. The molecule has 0 radical (unpaired) electrons. The number of hydrogen-bond acceptors (Lipinski definition) is 5. The molecule has 0 fully saturated rings. The van der Waals surface area contributed by atoms with Gasteiger partial charge in [0.2, 0.25) is 11.1 Å². The largest absolute Gasteiger partial charge is 0.351 e. The smallest absolute Gasteiger partial charge is 0.230 e. The molecule has 2 aromatic heterocycles. The summed E-state index contributed by atoms with van der Waals surface area (Å²) in [6, 6.07) is 9.98. The summed E-state index contributed by atoms with van der Waals surface area (Å²) < 4.78 is 13.5. The van der Waals surface area contributed by atoms with Crippen molar-refractivity contribution in [3.63, 3.8) is 0 Å². The zero-order valence-corrected chi connectivity index (χ0v) is 13.4. The Morgan fingerprint density at radius 1 is 1.21 bits per heavy atom. The van der Waals surface area contributed by atoms with E-state index in [1.54, 1.807) is 30.6 Å². The van der Waals surface area contributed by atoms with Crippen LogP contribution >= 0.6 is 11.8 Å². The van der Waals surface area contributed by atoms with Crippen molar-refractivity contribution in [2.75, 3.05) is 5.75 Å². The number of aromatic nitrogens is 4. The third-order valence-corrected chi connectivity index (χ3v) is 4.03. The Balaban J connectivity index is 1.50. The number of amides is 1. The normalized spacial score (nSPS) is 10.5. The molecule has 8 heteroatoms. The lowest BCUT2D eigenvalue weighted by Crippen LogP contribution is -2.25. The topological polar surface area (TPSA) is 83.6 Å². The average Bonchev–Trinajstić information content (AvgIpc) is 3.09. The maximum absolute atomic E-state index is 13.5. The van der Waals surface area contributed by atoms with E-state index in [2.05, 4.69) is 25.5 Å².